The van der Waals surface area contributed by atoms with Crippen LogP contribution in [0.15, 0.2) is 83.9 Å². The maximum Gasteiger partial charge on any atom is 0.137 e. The van der Waals surface area contributed by atoms with Crippen LogP contribution in [0.4, 0.5) is 5.69 Å². The molecule has 3 aromatic rings. The molecule has 0 radical (unpaired) electrons. The van der Waals surface area contributed by atoms with Gasteiger partial charge in [-0.3, -0.25) is 9.89 Å². The molecular weight excluding hydrogens is 370 g/mol. The van der Waals surface area contributed by atoms with E-state index in [0.717, 1.165) is 41.1 Å². The van der Waals surface area contributed by atoms with Gasteiger partial charge in [0.25, 0.3) is 0 Å². The van der Waals surface area contributed by atoms with Crippen LogP contribution in [0, 0.1) is 0 Å². The molecule has 142 valence electrons. The lowest BCUT2D eigenvalue weighted by atomic mass is 10.1. The van der Waals surface area contributed by atoms with Gasteiger partial charge in [0, 0.05) is 22.8 Å². The van der Waals surface area contributed by atoms with Gasteiger partial charge < -0.3 is 9.64 Å². The van der Waals surface area contributed by atoms with Gasteiger partial charge in [0.15, 0.2) is 0 Å². The molecule has 0 bridgehead atoms. The van der Waals surface area contributed by atoms with Crippen molar-refractivity contribution in [3.63, 3.8) is 0 Å². The number of ether oxygens (including phenoxy) is 1. The Bertz CT molecular complexity index is 940. The first-order chi connectivity index (χ1) is 13.7. The van der Waals surface area contributed by atoms with E-state index in [1.54, 1.807) is 7.11 Å². The maximum absolute atomic E-state index is 6.10. The van der Waals surface area contributed by atoms with Crippen molar-refractivity contribution in [3.8, 4) is 5.75 Å². The molecule has 0 saturated heterocycles. The second-order valence-corrected chi connectivity index (χ2v) is 7.15. The number of hydrogen-bond acceptors (Lipinski definition) is 4. The summed E-state index contributed by atoms with van der Waals surface area (Å²) in [4.78, 5) is 9.45. The highest BCUT2D eigenvalue weighted by atomic mass is 35.5. The van der Waals surface area contributed by atoms with E-state index >= 15 is 0 Å². The first-order valence-corrected chi connectivity index (χ1v) is 9.59. The minimum Gasteiger partial charge on any atom is -0.497 e. The predicted molar refractivity (Wildman–Crippen MR) is 115 cm³/mol. The van der Waals surface area contributed by atoms with E-state index in [2.05, 4.69) is 34.1 Å². The van der Waals surface area contributed by atoms with Gasteiger partial charge in [0.05, 0.1) is 20.4 Å². The number of amidine groups is 1. The standard InChI is InChI=1S/C23H22ClN3O/c1-28-22-13-7-18(8-14-22)15-26-16-25-23(19-5-3-2-4-6-19)27(17-26)21-11-9-20(24)10-12-21/h2-14H,15-17H2,1H3. The monoisotopic (exact) mass is 391 g/mol. The van der Waals surface area contributed by atoms with Crippen molar-refractivity contribution in [3.05, 3.63) is 95.0 Å². The van der Waals surface area contributed by atoms with Gasteiger partial charge in [-0.25, -0.2) is 0 Å². The molecule has 4 rings (SSSR count). The summed E-state index contributed by atoms with van der Waals surface area (Å²) in [7, 11) is 1.68. The Morgan fingerprint density at radius 3 is 2.32 bits per heavy atom. The summed E-state index contributed by atoms with van der Waals surface area (Å²) < 4.78 is 5.25. The zero-order valence-corrected chi connectivity index (χ0v) is 16.5. The summed E-state index contributed by atoms with van der Waals surface area (Å²) >= 11 is 6.10. The Labute approximate surface area is 170 Å². The third-order valence-electron chi connectivity index (χ3n) is 4.75. The first kappa shape index (κ1) is 18.5. The number of methoxy groups -OCH3 is 1. The third kappa shape index (κ3) is 4.19. The lowest BCUT2D eigenvalue weighted by Crippen LogP contribution is -2.46. The molecule has 0 atom stereocenters. The van der Waals surface area contributed by atoms with Gasteiger partial charge in [-0.15, -0.1) is 0 Å². The van der Waals surface area contributed by atoms with E-state index in [9.17, 15) is 0 Å². The number of rotatable bonds is 5. The Morgan fingerprint density at radius 2 is 1.64 bits per heavy atom. The van der Waals surface area contributed by atoms with E-state index in [4.69, 9.17) is 21.3 Å². The van der Waals surface area contributed by atoms with Gasteiger partial charge in [0.1, 0.15) is 11.6 Å². The van der Waals surface area contributed by atoms with Gasteiger partial charge in [-0.05, 0) is 42.0 Å². The van der Waals surface area contributed by atoms with Crippen LogP contribution >= 0.6 is 11.6 Å². The molecule has 0 aliphatic carbocycles. The molecule has 0 amide bonds. The minimum atomic E-state index is 0.653. The van der Waals surface area contributed by atoms with Crippen molar-refractivity contribution in [2.24, 2.45) is 4.99 Å². The van der Waals surface area contributed by atoms with Crippen molar-refractivity contribution in [2.75, 3.05) is 25.3 Å². The summed E-state index contributed by atoms with van der Waals surface area (Å²) in [6.07, 6.45) is 0. The highest BCUT2D eigenvalue weighted by Crippen LogP contribution is 2.24. The van der Waals surface area contributed by atoms with Crippen molar-refractivity contribution >= 4 is 23.1 Å². The molecule has 28 heavy (non-hydrogen) atoms. The number of anilines is 1. The molecule has 0 spiro atoms. The Balaban J connectivity index is 1.60. The Hall–Kier alpha value is -2.82. The van der Waals surface area contributed by atoms with Crippen molar-refractivity contribution in [2.45, 2.75) is 6.54 Å². The average Bonchev–Trinajstić information content (AvgIpc) is 2.75. The molecule has 1 aliphatic heterocycles. The maximum atomic E-state index is 6.10. The molecule has 1 heterocycles. The third-order valence-corrected chi connectivity index (χ3v) is 5.01. The van der Waals surface area contributed by atoms with E-state index in [-0.39, 0.29) is 0 Å². The van der Waals surface area contributed by atoms with Crippen LogP contribution in [-0.4, -0.2) is 31.2 Å². The van der Waals surface area contributed by atoms with Crippen molar-refractivity contribution < 1.29 is 4.74 Å². The van der Waals surface area contributed by atoms with Crippen LogP contribution in [-0.2, 0) is 6.54 Å². The number of hydrogen-bond donors (Lipinski definition) is 0. The summed E-state index contributed by atoms with van der Waals surface area (Å²) in [6.45, 7) is 2.22. The van der Waals surface area contributed by atoms with E-state index in [1.165, 1.54) is 5.56 Å². The van der Waals surface area contributed by atoms with Crippen LogP contribution in [0.25, 0.3) is 0 Å². The molecule has 0 saturated carbocycles. The average molecular weight is 392 g/mol. The molecule has 1 aliphatic rings. The molecule has 5 heteroatoms. The fourth-order valence-electron chi connectivity index (χ4n) is 3.31. The van der Waals surface area contributed by atoms with Gasteiger partial charge in [-0.1, -0.05) is 54.1 Å². The molecule has 0 N–H and O–H groups in total. The summed E-state index contributed by atoms with van der Waals surface area (Å²) in [6, 6.07) is 26.4. The zero-order valence-electron chi connectivity index (χ0n) is 15.8. The molecule has 0 unspecified atom stereocenters. The second-order valence-electron chi connectivity index (χ2n) is 6.71. The molecule has 0 fully saturated rings. The van der Waals surface area contributed by atoms with E-state index in [0.29, 0.717) is 6.67 Å². The number of halogens is 1. The first-order valence-electron chi connectivity index (χ1n) is 9.21. The highest BCUT2D eigenvalue weighted by molar-refractivity contribution is 6.30. The lowest BCUT2D eigenvalue weighted by Gasteiger charge is -2.36. The van der Waals surface area contributed by atoms with Crippen LogP contribution in [0.2, 0.25) is 5.02 Å². The van der Waals surface area contributed by atoms with Crippen LogP contribution < -0.4 is 9.64 Å². The van der Waals surface area contributed by atoms with Crippen LogP contribution in [0.3, 0.4) is 0 Å². The molecule has 3 aromatic carbocycles. The van der Waals surface area contributed by atoms with E-state index in [1.807, 2.05) is 54.6 Å². The predicted octanol–water partition coefficient (Wildman–Crippen LogP) is 5.03. The smallest absolute Gasteiger partial charge is 0.137 e. The lowest BCUT2D eigenvalue weighted by molar-refractivity contribution is 0.273. The summed E-state index contributed by atoms with van der Waals surface area (Å²) in [5, 5.41) is 0.731. The topological polar surface area (TPSA) is 28.1 Å². The zero-order chi connectivity index (χ0) is 19.3. The second kappa shape index (κ2) is 8.46. The summed E-state index contributed by atoms with van der Waals surface area (Å²) in [5.74, 6) is 1.85. The largest absolute Gasteiger partial charge is 0.497 e. The van der Waals surface area contributed by atoms with Gasteiger partial charge in [0.2, 0.25) is 0 Å². The highest BCUT2D eigenvalue weighted by Gasteiger charge is 2.23. The molecule has 4 nitrogen and oxygen atoms in total. The summed E-state index contributed by atoms with van der Waals surface area (Å²) in [5.41, 5.74) is 3.42. The number of benzene rings is 3. The van der Waals surface area contributed by atoms with Crippen molar-refractivity contribution in [1.29, 1.82) is 0 Å². The normalized spacial score (nSPS) is 14.6. The molecular formula is C23H22ClN3O. The fraction of sp³-hybridized carbons (Fsp3) is 0.174. The van der Waals surface area contributed by atoms with E-state index < -0.39 is 0 Å². The number of nitrogens with zero attached hydrogens (tertiary/aromatic N) is 3. The van der Waals surface area contributed by atoms with Gasteiger partial charge >= 0.3 is 0 Å². The van der Waals surface area contributed by atoms with Crippen LogP contribution in [0.5, 0.6) is 5.75 Å². The van der Waals surface area contributed by atoms with Gasteiger partial charge in [-0.2, -0.15) is 0 Å². The molecule has 0 aromatic heterocycles. The minimum absolute atomic E-state index is 0.653. The van der Waals surface area contributed by atoms with Crippen LogP contribution in [0.1, 0.15) is 11.1 Å². The quantitative estimate of drug-likeness (QED) is 0.610. The Morgan fingerprint density at radius 1 is 0.929 bits per heavy atom. The SMILES string of the molecule is COc1ccc(CN2CN=C(c3ccccc3)N(c3ccc(Cl)cc3)C2)cc1. The number of aliphatic imine (C=N–C) groups is 1. The van der Waals surface area contributed by atoms with Crippen molar-refractivity contribution in [1.82, 2.24) is 4.90 Å². The Kier molecular flexibility index (Phi) is 5.60. The fourth-order valence-corrected chi connectivity index (χ4v) is 3.44.